The van der Waals surface area contributed by atoms with Gasteiger partial charge in [-0.2, -0.15) is 5.10 Å². The number of aromatic nitrogens is 1. The fourth-order valence-corrected chi connectivity index (χ4v) is 4.08. The van der Waals surface area contributed by atoms with Gasteiger partial charge in [-0.15, -0.1) is 11.3 Å². The molecule has 0 bridgehead atoms. The second-order valence-electron chi connectivity index (χ2n) is 8.48. The third-order valence-electron chi connectivity index (χ3n) is 4.76. The van der Waals surface area contributed by atoms with Crippen molar-refractivity contribution in [1.29, 1.82) is 0 Å². The molecular weight excluding hydrogens is 482 g/mol. The van der Waals surface area contributed by atoms with Crippen LogP contribution in [0.4, 0.5) is 4.79 Å². The lowest BCUT2D eigenvalue weighted by atomic mass is 10.1. The summed E-state index contributed by atoms with van der Waals surface area (Å²) < 4.78 is 28.6. The van der Waals surface area contributed by atoms with Crippen LogP contribution in [0.1, 0.15) is 33.3 Å². The standard InChI is InChI=1S/C26H31N3O6S/c1-8-27-24-29(20(16-36-24)19-11-10-18(31-5)14-22(19)32-6)28-15-17-9-12-21(23(13-17)33-7)34-25(30)35-26(2,3)4/h9-16H,8H2,1-7H3. The lowest BCUT2D eigenvalue weighted by Crippen LogP contribution is -2.26. The van der Waals surface area contributed by atoms with E-state index < -0.39 is 11.8 Å². The fraction of sp³-hybridized carbons (Fsp3) is 0.346. The number of thiazole rings is 1. The van der Waals surface area contributed by atoms with Gasteiger partial charge in [0.1, 0.15) is 17.1 Å². The third-order valence-corrected chi connectivity index (χ3v) is 5.61. The van der Waals surface area contributed by atoms with Crippen LogP contribution < -0.4 is 23.7 Å². The van der Waals surface area contributed by atoms with Crippen molar-refractivity contribution in [2.75, 3.05) is 27.9 Å². The summed E-state index contributed by atoms with van der Waals surface area (Å²) in [6.45, 7) is 7.88. The molecule has 3 aromatic rings. The number of benzene rings is 2. The molecule has 9 nitrogen and oxygen atoms in total. The largest absolute Gasteiger partial charge is 0.514 e. The van der Waals surface area contributed by atoms with Crippen molar-refractivity contribution in [3.8, 4) is 34.3 Å². The molecule has 0 N–H and O–H groups in total. The maximum Gasteiger partial charge on any atom is 0.514 e. The van der Waals surface area contributed by atoms with E-state index in [1.807, 2.05) is 30.5 Å². The van der Waals surface area contributed by atoms with Crippen LogP contribution in [-0.4, -0.2) is 50.5 Å². The molecule has 0 saturated heterocycles. The van der Waals surface area contributed by atoms with Gasteiger partial charge in [-0.05, 0) is 63.6 Å². The van der Waals surface area contributed by atoms with Crippen molar-refractivity contribution >= 4 is 23.7 Å². The van der Waals surface area contributed by atoms with E-state index in [1.165, 1.54) is 18.4 Å². The first-order valence-corrected chi connectivity index (χ1v) is 12.1. The third kappa shape index (κ3) is 6.66. The highest BCUT2D eigenvalue weighted by atomic mass is 32.1. The minimum Gasteiger partial charge on any atom is -0.497 e. The number of methoxy groups -OCH3 is 3. The average molecular weight is 514 g/mol. The molecule has 0 unspecified atom stereocenters. The van der Waals surface area contributed by atoms with Crippen LogP contribution in [0.2, 0.25) is 0 Å². The average Bonchev–Trinajstić information content (AvgIpc) is 3.24. The summed E-state index contributed by atoms with van der Waals surface area (Å²) in [4.78, 5) is 17.4. The Labute approximate surface area is 214 Å². The van der Waals surface area contributed by atoms with E-state index in [9.17, 15) is 4.79 Å². The van der Waals surface area contributed by atoms with Crippen LogP contribution in [0.3, 0.4) is 0 Å². The summed E-state index contributed by atoms with van der Waals surface area (Å²) in [6.07, 6.45) is 0.876. The number of carbonyl (C=O) groups excluding carboxylic acids is 1. The minimum absolute atomic E-state index is 0.248. The predicted molar refractivity (Wildman–Crippen MR) is 140 cm³/mol. The molecule has 2 aromatic carbocycles. The summed E-state index contributed by atoms with van der Waals surface area (Å²) in [6, 6.07) is 10.7. The first kappa shape index (κ1) is 26.8. The van der Waals surface area contributed by atoms with Gasteiger partial charge in [0, 0.05) is 23.6 Å². The van der Waals surface area contributed by atoms with Crippen molar-refractivity contribution in [3.05, 3.63) is 52.1 Å². The Bertz CT molecular complexity index is 1300. The topological polar surface area (TPSA) is 92.9 Å². The Morgan fingerprint density at radius 3 is 2.39 bits per heavy atom. The quantitative estimate of drug-likeness (QED) is 0.229. The van der Waals surface area contributed by atoms with Gasteiger partial charge in [0.25, 0.3) is 0 Å². The highest BCUT2D eigenvalue weighted by Crippen LogP contribution is 2.34. The van der Waals surface area contributed by atoms with E-state index in [4.69, 9.17) is 28.8 Å². The van der Waals surface area contributed by atoms with Gasteiger partial charge >= 0.3 is 6.16 Å². The second-order valence-corrected chi connectivity index (χ2v) is 9.31. The van der Waals surface area contributed by atoms with Crippen molar-refractivity contribution in [1.82, 2.24) is 4.68 Å². The van der Waals surface area contributed by atoms with Crippen LogP contribution in [0.15, 0.2) is 51.9 Å². The maximum atomic E-state index is 12.1. The Kier molecular flexibility index (Phi) is 8.76. The molecule has 0 aliphatic heterocycles. The molecule has 1 aromatic heterocycles. The molecule has 3 rings (SSSR count). The summed E-state index contributed by atoms with van der Waals surface area (Å²) in [5, 5.41) is 6.68. The first-order valence-electron chi connectivity index (χ1n) is 11.3. The van der Waals surface area contributed by atoms with E-state index >= 15 is 0 Å². The van der Waals surface area contributed by atoms with Gasteiger partial charge in [0.2, 0.25) is 4.80 Å². The predicted octanol–water partition coefficient (Wildman–Crippen LogP) is 5.36. The molecule has 0 fully saturated rings. The van der Waals surface area contributed by atoms with Crippen molar-refractivity contribution in [2.24, 2.45) is 10.1 Å². The number of carbonyl (C=O) groups is 1. The molecule has 192 valence electrons. The lowest BCUT2D eigenvalue weighted by molar-refractivity contribution is 0.0201. The Hall–Kier alpha value is -3.79. The van der Waals surface area contributed by atoms with Gasteiger partial charge in [0.05, 0.1) is 33.2 Å². The molecule has 0 amide bonds. The maximum absolute atomic E-state index is 12.1. The zero-order chi connectivity index (χ0) is 26.3. The van der Waals surface area contributed by atoms with Gasteiger partial charge in [-0.1, -0.05) is 0 Å². The Morgan fingerprint density at radius 1 is 1.00 bits per heavy atom. The number of ether oxygens (including phenoxy) is 5. The Balaban J connectivity index is 1.96. The van der Waals surface area contributed by atoms with E-state index in [-0.39, 0.29) is 5.75 Å². The minimum atomic E-state index is -0.806. The monoisotopic (exact) mass is 513 g/mol. The molecule has 1 heterocycles. The summed E-state index contributed by atoms with van der Waals surface area (Å²) in [7, 11) is 4.72. The molecule has 0 aliphatic rings. The molecule has 0 spiro atoms. The highest BCUT2D eigenvalue weighted by Gasteiger charge is 2.20. The molecule has 0 aliphatic carbocycles. The number of nitrogens with zero attached hydrogens (tertiary/aromatic N) is 3. The number of hydrogen-bond acceptors (Lipinski definition) is 9. The van der Waals surface area contributed by atoms with Crippen LogP contribution in [0.25, 0.3) is 11.3 Å². The van der Waals surface area contributed by atoms with E-state index in [0.717, 1.165) is 21.6 Å². The molecule has 10 heteroatoms. The van der Waals surface area contributed by atoms with Gasteiger partial charge < -0.3 is 23.7 Å². The first-order chi connectivity index (χ1) is 17.2. The van der Waals surface area contributed by atoms with Gasteiger partial charge in [-0.25, -0.2) is 9.47 Å². The summed E-state index contributed by atoms with van der Waals surface area (Å²) >= 11 is 1.48. The normalized spacial score (nSPS) is 12.0. The zero-order valence-electron chi connectivity index (χ0n) is 21.5. The lowest BCUT2D eigenvalue weighted by Gasteiger charge is -2.19. The van der Waals surface area contributed by atoms with E-state index in [0.29, 0.717) is 23.8 Å². The van der Waals surface area contributed by atoms with Crippen molar-refractivity contribution in [2.45, 2.75) is 33.3 Å². The van der Waals surface area contributed by atoms with Crippen LogP contribution in [0.5, 0.6) is 23.0 Å². The second kappa shape index (κ2) is 11.8. The van der Waals surface area contributed by atoms with Gasteiger partial charge in [-0.3, -0.25) is 4.99 Å². The summed E-state index contributed by atoms with van der Waals surface area (Å²) in [5.74, 6) is 1.97. The molecule has 0 radical (unpaired) electrons. The van der Waals surface area contributed by atoms with Crippen molar-refractivity contribution in [3.63, 3.8) is 0 Å². The number of rotatable bonds is 8. The Morgan fingerprint density at radius 2 is 1.75 bits per heavy atom. The van der Waals surface area contributed by atoms with Crippen LogP contribution >= 0.6 is 11.3 Å². The van der Waals surface area contributed by atoms with Gasteiger partial charge in [0.15, 0.2) is 11.5 Å². The fourth-order valence-electron chi connectivity index (χ4n) is 3.18. The highest BCUT2D eigenvalue weighted by molar-refractivity contribution is 7.07. The molecule has 36 heavy (non-hydrogen) atoms. The van der Waals surface area contributed by atoms with Crippen LogP contribution in [-0.2, 0) is 4.74 Å². The SMILES string of the molecule is CCN=c1scc(-c2ccc(OC)cc2OC)n1N=Cc1ccc(OC(=O)OC(C)(C)C)c(OC)c1. The zero-order valence-corrected chi connectivity index (χ0v) is 22.3. The van der Waals surface area contributed by atoms with E-state index in [2.05, 4.69) is 4.99 Å². The van der Waals surface area contributed by atoms with Crippen molar-refractivity contribution < 1.29 is 28.5 Å². The smallest absolute Gasteiger partial charge is 0.497 e. The number of hydrogen-bond donors (Lipinski definition) is 0. The molecule has 0 atom stereocenters. The van der Waals surface area contributed by atoms with E-state index in [1.54, 1.807) is 64.1 Å². The molecular formula is C26H31N3O6S. The molecule has 0 saturated carbocycles. The summed E-state index contributed by atoms with van der Waals surface area (Å²) in [5.41, 5.74) is 1.74. The van der Waals surface area contributed by atoms with Crippen LogP contribution in [0, 0.1) is 0 Å².